The van der Waals surface area contributed by atoms with Gasteiger partial charge in [0.15, 0.2) is 0 Å². The van der Waals surface area contributed by atoms with Crippen LogP contribution in [0.3, 0.4) is 0 Å². The van der Waals surface area contributed by atoms with Crippen molar-refractivity contribution < 1.29 is 0 Å². The first kappa shape index (κ1) is 7.14. The zero-order chi connectivity index (χ0) is 6.69. The number of allylic oxidation sites excluding steroid dienone is 1. The molecule has 0 aromatic rings. The molecule has 0 nitrogen and oxygen atoms in total. The standard InChI is InChI=1S/C8H13Cl/c1-7-2-4-8(6-9)5-3-7/h6-7H,2-5H2,1H3. The van der Waals surface area contributed by atoms with Crippen LogP contribution in [0.2, 0.25) is 0 Å². The van der Waals surface area contributed by atoms with E-state index in [9.17, 15) is 0 Å². The normalized spacial score (nSPS) is 28.2. The molecule has 1 heteroatoms. The second-order valence-electron chi connectivity index (χ2n) is 2.95. The SMILES string of the molecule is CC1CCC(=CCl)CC1. The van der Waals surface area contributed by atoms with Crippen LogP contribution in [0.4, 0.5) is 0 Å². The Labute approximate surface area is 61.9 Å². The molecule has 1 aliphatic carbocycles. The summed E-state index contributed by atoms with van der Waals surface area (Å²) in [5.41, 5.74) is 3.20. The molecule has 0 unspecified atom stereocenters. The molecule has 1 rings (SSSR count). The lowest BCUT2D eigenvalue weighted by Crippen LogP contribution is -2.02. The molecule has 9 heavy (non-hydrogen) atoms. The summed E-state index contributed by atoms with van der Waals surface area (Å²) in [7, 11) is 0. The molecule has 0 saturated heterocycles. The third-order valence-corrected chi connectivity index (χ3v) is 2.38. The van der Waals surface area contributed by atoms with Gasteiger partial charge in [-0.25, -0.2) is 0 Å². The van der Waals surface area contributed by atoms with Crippen LogP contribution in [0.15, 0.2) is 11.1 Å². The Hall–Kier alpha value is 0.0300. The highest BCUT2D eigenvalue weighted by Crippen LogP contribution is 2.27. The van der Waals surface area contributed by atoms with Gasteiger partial charge >= 0.3 is 0 Å². The van der Waals surface area contributed by atoms with E-state index in [0.717, 1.165) is 5.92 Å². The van der Waals surface area contributed by atoms with E-state index in [2.05, 4.69) is 6.92 Å². The first-order valence-corrected chi connectivity index (χ1v) is 4.04. The van der Waals surface area contributed by atoms with Crippen LogP contribution in [0.1, 0.15) is 32.6 Å². The van der Waals surface area contributed by atoms with Crippen molar-refractivity contribution in [2.75, 3.05) is 0 Å². The van der Waals surface area contributed by atoms with E-state index in [1.807, 2.05) is 0 Å². The molecular weight excluding hydrogens is 132 g/mol. The number of halogens is 1. The van der Waals surface area contributed by atoms with Gasteiger partial charge in [0.1, 0.15) is 0 Å². The average Bonchev–Trinajstić information content (AvgIpc) is 1.90. The topological polar surface area (TPSA) is 0 Å². The summed E-state index contributed by atoms with van der Waals surface area (Å²) in [6.45, 7) is 2.31. The maximum atomic E-state index is 5.57. The van der Waals surface area contributed by atoms with Crippen molar-refractivity contribution in [2.45, 2.75) is 32.6 Å². The van der Waals surface area contributed by atoms with Crippen molar-refractivity contribution in [3.63, 3.8) is 0 Å². The Morgan fingerprint density at radius 2 is 2.00 bits per heavy atom. The third kappa shape index (κ3) is 2.02. The molecule has 0 N–H and O–H groups in total. The Morgan fingerprint density at radius 1 is 1.44 bits per heavy atom. The maximum Gasteiger partial charge on any atom is 0.00344 e. The molecule has 0 aromatic heterocycles. The fourth-order valence-corrected chi connectivity index (χ4v) is 1.46. The van der Waals surface area contributed by atoms with E-state index in [-0.39, 0.29) is 0 Å². The monoisotopic (exact) mass is 144 g/mol. The number of hydrogen-bond donors (Lipinski definition) is 0. The van der Waals surface area contributed by atoms with Crippen LogP contribution < -0.4 is 0 Å². The Balaban J connectivity index is 2.35. The smallest absolute Gasteiger partial charge is 0.00344 e. The molecule has 0 spiro atoms. The van der Waals surface area contributed by atoms with Crippen molar-refractivity contribution in [1.82, 2.24) is 0 Å². The average molecular weight is 145 g/mol. The third-order valence-electron chi connectivity index (χ3n) is 2.07. The molecule has 1 saturated carbocycles. The van der Waals surface area contributed by atoms with E-state index in [4.69, 9.17) is 11.6 Å². The van der Waals surface area contributed by atoms with Gasteiger partial charge in [0.25, 0.3) is 0 Å². The molecule has 0 atom stereocenters. The molecule has 0 aromatic carbocycles. The lowest BCUT2D eigenvalue weighted by molar-refractivity contribution is 0.444. The minimum atomic E-state index is 0.922. The lowest BCUT2D eigenvalue weighted by Gasteiger charge is -2.18. The van der Waals surface area contributed by atoms with Crippen molar-refractivity contribution in [3.8, 4) is 0 Å². The highest BCUT2D eigenvalue weighted by molar-refractivity contribution is 6.25. The van der Waals surface area contributed by atoms with Gasteiger partial charge in [0, 0.05) is 5.54 Å². The molecule has 0 aliphatic heterocycles. The molecular formula is C8H13Cl. The summed E-state index contributed by atoms with van der Waals surface area (Å²) in [5, 5.41) is 0. The van der Waals surface area contributed by atoms with E-state index in [1.54, 1.807) is 5.54 Å². The fourth-order valence-electron chi connectivity index (χ4n) is 1.24. The highest BCUT2D eigenvalue weighted by atomic mass is 35.5. The fraction of sp³-hybridized carbons (Fsp3) is 0.750. The summed E-state index contributed by atoms with van der Waals surface area (Å²) >= 11 is 5.57. The van der Waals surface area contributed by atoms with Gasteiger partial charge < -0.3 is 0 Å². The van der Waals surface area contributed by atoms with Gasteiger partial charge in [0.05, 0.1) is 0 Å². The van der Waals surface area contributed by atoms with Crippen LogP contribution in [0, 0.1) is 5.92 Å². The van der Waals surface area contributed by atoms with E-state index >= 15 is 0 Å². The molecule has 1 aliphatic rings. The van der Waals surface area contributed by atoms with Crippen LogP contribution in [0.25, 0.3) is 0 Å². The Morgan fingerprint density at radius 3 is 2.44 bits per heavy atom. The van der Waals surface area contributed by atoms with Gasteiger partial charge in [-0.2, -0.15) is 0 Å². The van der Waals surface area contributed by atoms with Gasteiger partial charge in [0.2, 0.25) is 0 Å². The van der Waals surface area contributed by atoms with Gasteiger partial charge in [-0.1, -0.05) is 24.1 Å². The van der Waals surface area contributed by atoms with E-state index < -0.39 is 0 Å². The number of rotatable bonds is 0. The van der Waals surface area contributed by atoms with Crippen LogP contribution in [0.5, 0.6) is 0 Å². The molecule has 52 valence electrons. The molecule has 0 amide bonds. The zero-order valence-electron chi connectivity index (χ0n) is 5.86. The molecule has 0 heterocycles. The summed E-state index contributed by atoms with van der Waals surface area (Å²) in [6, 6.07) is 0. The molecule has 1 fully saturated rings. The summed E-state index contributed by atoms with van der Waals surface area (Å²) in [6.07, 6.45) is 5.12. The van der Waals surface area contributed by atoms with Crippen molar-refractivity contribution in [3.05, 3.63) is 11.1 Å². The van der Waals surface area contributed by atoms with Crippen LogP contribution in [-0.4, -0.2) is 0 Å². The maximum absolute atomic E-state index is 5.57. The van der Waals surface area contributed by atoms with Gasteiger partial charge in [-0.05, 0) is 31.6 Å². The van der Waals surface area contributed by atoms with Crippen LogP contribution in [-0.2, 0) is 0 Å². The lowest BCUT2D eigenvalue weighted by atomic mass is 9.88. The highest BCUT2D eigenvalue weighted by Gasteiger charge is 2.10. The van der Waals surface area contributed by atoms with Gasteiger partial charge in [-0.3, -0.25) is 0 Å². The van der Waals surface area contributed by atoms with E-state index in [1.165, 1.54) is 31.3 Å². The Kier molecular flexibility index (Phi) is 2.59. The quantitative estimate of drug-likeness (QED) is 0.489. The molecule has 0 radical (unpaired) electrons. The van der Waals surface area contributed by atoms with E-state index in [0.29, 0.717) is 0 Å². The van der Waals surface area contributed by atoms with Crippen molar-refractivity contribution >= 4 is 11.6 Å². The van der Waals surface area contributed by atoms with Crippen molar-refractivity contribution in [1.29, 1.82) is 0 Å². The second kappa shape index (κ2) is 3.26. The summed E-state index contributed by atoms with van der Waals surface area (Å²) < 4.78 is 0. The minimum Gasteiger partial charge on any atom is -0.0930 e. The zero-order valence-corrected chi connectivity index (χ0v) is 6.62. The predicted molar refractivity (Wildman–Crippen MR) is 41.6 cm³/mol. The first-order valence-electron chi connectivity index (χ1n) is 3.61. The molecule has 0 bridgehead atoms. The minimum absolute atomic E-state index is 0.922. The van der Waals surface area contributed by atoms with Crippen molar-refractivity contribution in [2.24, 2.45) is 5.92 Å². The summed E-state index contributed by atoms with van der Waals surface area (Å²) in [5.74, 6) is 0.922. The van der Waals surface area contributed by atoms with Gasteiger partial charge in [-0.15, -0.1) is 0 Å². The Bertz CT molecular complexity index is 106. The predicted octanol–water partition coefficient (Wildman–Crippen LogP) is 3.32. The van der Waals surface area contributed by atoms with Crippen LogP contribution >= 0.6 is 11.6 Å². The largest absolute Gasteiger partial charge is 0.0930 e. The number of hydrogen-bond acceptors (Lipinski definition) is 0. The second-order valence-corrected chi connectivity index (χ2v) is 3.17. The first-order chi connectivity index (χ1) is 4.33. The summed E-state index contributed by atoms with van der Waals surface area (Å²) in [4.78, 5) is 0.